The van der Waals surface area contributed by atoms with Crippen LogP contribution in [0, 0.1) is 0 Å². The van der Waals surface area contributed by atoms with Crippen molar-refractivity contribution in [3.05, 3.63) is 12.2 Å². The van der Waals surface area contributed by atoms with Crippen LogP contribution in [0.15, 0.2) is 12.2 Å². The highest BCUT2D eigenvalue weighted by molar-refractivity contribution is 5.73. The molecule has 1 aliphatic heterocycles. The van der Waals surface area contributed by atoms with E-state index < -0.39 is 24.3 Å². The predicted octanol–water partition coefficient (Wildman–Crippen LogP) is 1.80. The first-order chi connectivity index (χ1) is 8.89. The van der Waals surface area contributed by atoms with Gasteiger partial charge in [-0.1, -0.05) is 12.2 Å². The van der Waals surface area contributed by atoms with Gasteiger partial charge >= 0.3 is 24.3 Å². The van der Waals surface area contributed by atoms with Crippen LogP contribution in [0.1, 0.15) is 6.42 Å². The van der Waals surface area contributed by atoms with E-state index in [4.69, 9.17) is 19.8 Å². The van der Waals surface area contributed by atoms with Crippen LogP contribution in [0.25, 0.3) is 0 Å². The van der Waals surface area contributed by atoms with E-state index in [-0.39, 0.29) is 0 Å². The number of halogens is 6. The third-order valence-electron chi connectivity index (χ3n) is 1.40. The standard InChI is InChI=1S/C5H9N.2C2HF3O2/c1-2-4-6-5-3-1;2*3-2(4,5)1(6)7/h1-2,6H,3-5H2;2*(H,6,7). The maximum atomic E-state index is 10.6. The molecule has 1 rings (SSSR count). The Morgan fingerprint density at radius 2 is 1.25 bits per heavy atom. The van der Waals surface area contributed by atoms with Gasteiger partial charge in [0.05, 0.1) is 0 Å². The molecule has 0 aromatic rings. The highest BCUT2D eigenvalue weighted by atomic mass is 19.4. The number of rotatable bonds is 0. The van der Waals surface area contributed by atoms with Crippen molar-refractivity contribution in [2.24, 2.45) is 0 Å². The molecule has 0 bridgehead atoms. The number of nitrogens with one attached hydrogen (secondary N) is 1. The van der Waals surface area contributed by atoms with Gasteiger partial charge in [0.15, 0.2) is 0 Å². The molecular weight excluding hydrogens is 300 g/mol. The Hall–Kier alpha value is -1.78. The molecule has 5 nitrogen and oxygen atoms in total. The van der Waals surface area contributed by atoms with Crippen molar-refractivity contribution in [3.63, 3.8) is 0 Å². The van der Waals surface area contributed by atoms with Gasteiger partial charge in [-0.3, -0.25) is 0 Å². The smallest absolute Gasteiger partial charge is 0.475 e. The molecule has 0 aliphatic carbocycles. The summed E-state index contributed by atoms with van der Waals surface area (Å²) in [6.07, 6.45) is -4.60. The van der Waals surface area contributed by atoms with Gasteiger partial charge < -0.3 is 15.5 Å². The van der Waals surface area contributed by atoms with E-state index in [1.54, 1.807) is 0 Å². The maximum Gasteiger partial charge on any atom is 0.490 e. The van der Waals surface area contributed by atoms with Crippen LogP contribution in [0.5, 0.6) is 0 Å². The molecule has 0 unspecified atom stereocenters. The monoisotopic (exact) mass is 311 g/mol. The van der Waals surface area contributed by atoms with Gasteiger partial charge in [-0.05, 0) is 13.0 Å². The zero-order valence-electron chi connectivity index (χ0n) is 9.75. The Labute approximate surface area is 108 Å². The predicted molar refractivity (Wildman–Crippen MR) is 54.0 cm³/mol. The van der Waals surface area contributed by atoms with E-state index in [9.17, 15) is 26.3 Å². The van der Waals surface area contributed by atoms with Gasteiger partial charge in [-0.25, -0.2) is 9.59 Å². The van der Waals surface area contributed by atoms with Crippen LogP contribution in [0.2, 0.25) is 0 Å². The first kappa shape index (κ1) is 20.5. The molecular formula is C9H11F6NO4. The largest absolute Gasteiger partial charge is 0.490 e. The van der Waals surface area contributed by atoms with Crippen molar-refractivity contribution in [3.8, 4) is 0 Å². The summed E-state index contributed by atoms with van der Waals surface area (Å²) < 4.78 is 63.5. The lowest BCUT2D eigenvalue weighted by Crippen LogP contribution is -2.21. The minimum Gasteiger partial charge on any atom is -0.475 e. The van der Waals surface area contributed by atoms with Crippen molar-refractivity contribution in [2.45, 2.75) is 18.8 Å². The Balaban J connectivity index is 0. The molecule has 1 heterocycles. The van der Waals surface area contributed by atoms with Gasteiger partial charge in [-0.2, -0.15) is 26.3 Å². The van der Waals surface area contributed by atoms with Crippen LogP contribution < -0.4 is 5.32 Å². The molecule has 0 spiro atoms. The second kappa shape index (κ2) is 9.18. The summed E-state index contributed by atoms with van der Waals surface area (Å²) in [6.45, 7) is 2.23. The fourth-order valence-corrected chi connectivity index (χ4v) is 0.572. The molecule has 0 saturated heterocycles. The van der Waals surface area contributed by atoms with Gasteiger partial charge in [0.2, 0.25) is 0 Å². The minimum atomic E-state index is -5.08. The molecule has 0 amide bonds. The lowest BCUT2D eigenvalue weighted by molar-refractivity contribution is -0.193. The Morgan fingerprint density at radius 3 is 1.30 bits per heavy atom. The van der Waals surface area contributed by atoms with Crippen LogP contribution in [-0.4, -0.2) is 47.6 Å². The van der Waals surface area contributed by atoms with Crippen molar-refractivity contribution in [1.82, 2.24) is 5.32 Å². The summed E-state index contributed by atoms with van der Waals surface area (Å²) in [6, 6.07) is 0. The molecule has 0 saturated carbocycles. The average molecular weight is 311 g/mol. The van der Waals surface area contributed by atoms with Crippen LogP contribution >= 0.6 is 0 Å². The Kier molecular flexibility index (Phi) is 9.42. The van der Waals surface area contributed by atoms with E-state index in [1.807, 2.05) is 0 Å². The third-order valence-corrected chi connectivity index (χ3v) is 1.40. The fourth-order valence-electron chi connectivity index (χ4n) is 0.572. The number of hydrogen-bond donors (Lipinski definition) is 3. The number of hydrogen-bond acceptors (Lipinski definition) is 3. The Morgan fingerprint density at radius 1 is 0.900 bits per heavy atom. The Bertz CT molecular complexity index is 304. The highest BCUT2D eigenvalue weighted by Gasteiger charge is 2.38. The zero-order chi connectivity index (χ0) is 16.4. The van der Waals surface area contributed by atoms with E-state index in [0.717, 1.165) is 13.1 Å². The van der Waals surface area contributed by atoms with Crippen molar-refractivity contribution in [1.29, 1.82) is 0 Å². The number of alkyl halides is 6. The number of carbonyl (C=O) groups is 2. The van der Waals surface area contributed by atoms with Crippen LogP contribution in [-0.2, 0) is 9.59 Å². The molecule has 118 valence electrons. The van der Waals surface area contributed by atoms with Crippen LogP contribution in [0.4, 0.5) is 26.3 Å². The summed E-state index contributed by atoms with van der Waals surface area (Å²) >= 11 is 0. The molecule has 0 radical (unpaired) electrons. The topological polar surface area (TPSA) is 86.6 Å². The molecule has 0 atom stereocenters. The quantitative estimate of drug-likeness (QED) is 0.469. The second-order valence-corrected chi connectivity index (χ2v) is 3.07. The molecule has 20 heavy (non-hydrogen) atoms. The lowest BCUT2D eigenvalue weighted by Gasteiger charge is -2.01. The minimum absolute atomic E-state index is 1.07. The number of carboxylic acids is 2. The maximum absolute atomic E-state index is 10.6. The number of aliphatic carboxylic acids is 2. The van der Waals surface area contributed by atoms with Gasteiger partial charge in [0.1, 0.15) is 0 Å². The summed E-state index contributed by atoms with van der Waals surface area (Å²) in [7, 11) is 0. The van der Waals surface area contributed by atoms with Gasteiger partial charge in [0.25, 0.3) is 0 Å². The van der Waals surface area contributed by atoms with E-state index in [1.165, 1.54) is 6.42 Å². The second-order valence-electron chi connectivity index (χ2n) is 3.07. The van der Waals surface area contributed by atoms with E-state index in [0.29, 0.717) is 0 Å². The summed E-state index contributed by atoms with van der Waals surface area (Å²) in [5, 5.41) is 17.4. The number of carboxylic acid groups (broad SMARTS) is 2. The first-order valence-electron chi connectivity index (χ1n) is 4.85. The molecule has 0 fully saturated rings. The van der Waals surface area contributed by atoms with E-state index >= 15 is 0 Å². The normalized spacial score (nSPS) is 14.3. The average Bonchev–Trinajstić information content (AvgIpc) is 2.30. The molecule has 0 aromatic carbocycles. The van der Waals surface area contributed by atoms with Crippen molar-refractivity contribution < 1.29 is 46.1 Å². The van der Waals surface area contributed by atoms with E-state index in [2.05, 4.69) is 17.5 Å². The summed E-state index contributed by atoms with van der Waals surface area (Å²) in [5.74, 6) is -5.51. The molecule has 3 N–H and O–H groups in total. The highest BCUT2D eigenvalue weighted by Crippen LogP contribution is 2.13. The zero-order valence-corrected chi connectivity index (χ0v) is 9.75. The summed E-state index contributed by atoms with van der Waals surface area (Å²) in [5.41, 5.74) is 0. The molecule has 0 aromatic heterocycles. The fraction of sp³-hybridized carbons (Fsp3) is 0.556. The van der Waals surface area contributed by atoms with Crippen molar-refractivity contribution in [2.75, 3.05) is 13.1 Å². The third kappa shape index (κ3) is 14.3. The SMILES string of the molecule is C1=CCNCC1.O=C(O)C(F)(F)F.O=C(O)C(F)(F)F. The molecule has 1 aliphatic rings. The van der Waals surface area contributed by atoms with Crippen molar-refractivity contribution >= 4 is 11.9 Å². The lowest BCUT2D eigenvalue weighted by atomic mass is 10.3. The first-order valence-corrected chi connectivity index (χ1v) is 4.85. The summed E-state index contributed by atoms with van der Waals surface area (Å²) in [4.78, 5) is 17.8. The van der Waals surface area contributed by atoms with Gasteiger partial charge in [0, 0.05) is 6.54 Å². The van der Waals surface area contributed by atoms with Crippen LogP contribution in [0.3, 0.4) is 0 Å². The molecule has 11 heteroatoms. The van der Waals surface area contributed by atoms with Gasteiger partial charge in [-0.15, -0.1) is 0 Å².